The van der Waals surface area contributed by atoms with Gasteiger partial charge in [0.25, 0.3) is 0 Å². The van der Waals surface area contributed by atoms with Crippen molar-refractivity contribution in [1.82, 2.24) is 0 Å². The zero-order valence-electron chi connectivity index (χ0n) is 1.79. The van der Waals surface area contributed by atoms with Crippen LogP contribution in [0.2, 0.25) is 0 Å². The summed E-state index contributed by atoms with van der Waals surface area (Å²) < 4.78 is 0. The first-order valence-electron chi connectivity index (χ1n) is 0.600. The van der Waals surface area contributed by atoms with Gasteiger partial charge < -0.3 is 0 Å². The minimum atomic E-state index is 1.03. The molecule has 20 valence electrons. The van der Waals surface area contributed by atoms with Gasteiger partial charge in [-0.1, -0.05) is 0 Å². The van der Waals surface area contributed by atoms with Gasteiger partial charge in [0.15, 0.2) is 0 Å². The molecule has 0 radical (unpaired) electrons. The van der Waals surface area contributed by atoms with Gasteiger partial charge in [0.1, 0.15) is 0 Å². The van der Waals surface area contributed by atoms with Crippen molar-refractivity contribution in [2.24, 2.45) is 0 Å². The molecule has 0 aromatic rings. The van der Waals surface area contributed by atoms with E-state index in [0.717, 1.165) is 13.9 Å². The Balaban J connectivity index is 4.84. The molecule has 0 nitrogen and oxygen atoms in total. The summed E-state index contributed by atoms with van der Waals surface area (Å²) in [6.07, 6.45) is 0. The SMILES string of the molecule is P#P=P#P. The van der Waals surface area contributed by atoms with E-state index in [1.165, 1.54) is 0 Å². The molecule has 0 heterocycles. The number of rotatable bonds is 0. The first-order chi connectivity index (χ1) is 1.91. The van der Waals surface area contributed by atoms with Crippen molar-refractivity contribution in [3.8, 4) is 0 Å². The number of hydrogen-bond acceptors (Lipinski definition) is 0. The normalized spacial score (nSPS) is 4.50. The number of hydrogen-bond donors (Lipinski definition) is 0. The van der Waals surface area contributed by atoms with Crippen LogP contribution in [0.3, 0.4) is 0 Å². The fraction of sp³-hybridized carbons (Fsp3) is 0. The molecule has 0 aliphatic rings. The Bertz CT molecular complexity index is 103. The van der Waals surface area contributed by atoms with Crippen LogP contribution in [0.4, 0.5) is 0 Å². The van der Waals surface area contributed by atoms with E-state index in [1.54, 1.807) is 0 Å². The van der Waals surface area contributed by atoms with Crippen LogP contribution in [-0.2, 0) is 0 Å². The van der Waals surface area contributed by atoms with E-state index >= 15 is 0 Å². The Morgan fingerprint density at radius 3 is 1.25 bits per heavy atom. The van der Waals surface area contributed by atoms with Crippen molar-refractivity contribution in [2.45, 2.75) is 0 Å². The average molecular weight is 124 g/mol. The zero-order chi connectivity index (χ0) is 3.41. The molecule has 0 fully saturated rings. The summed E-state index contributed by atoms with van der Waals surface area (Å²) in [6.45, 7) is 2.06. The minimum absolute atomic E-state index is 1.03. The Kier molecular flexibility index (Phi) is 6.75. The Hall–Kier alpha value is 1.72. The second kappa shape index (κ2) is 4.72. The van der Waals surface area contributed by atoms with Crippen molar-refractivity contribution in [1.29, 1.82) is 0 Å². The van der Waals surface area contributed by atoms with Gasteiger partial charge in [-0.15, -0.1) is 0 Å². The molecule has 0 aromatic heterocycles. The second-order valence-electron chi connectivity index (χ2n) is 0.179. The van der Waals surface area contributed by atoms with E-state index in [-0.39, 0.29) is 0 Å². The summed E-state index contributed by atoms with van der Waals surface area (Å²) in [7, 11) is 7.61. The molecule has 4 heteroatoms. The zero-order valence-corrected chi connectivity index (χ0v) is 5.37. The standard InChI is InChI=1S/P4/c1-3-4-2. The van der Waals surface area contributed by atoms with Crippen LogP contribution in [-0.4, -0.2) is 0 Å². The molecule has 0 rings (SSSR count). The molecule has 0 saturated heterocycles. The van der Waals surface area contributed by atoms with Gasteiger partial charge in [-0.3, -0.25) is 0 Å². The molecule has 0 atom stereocenters. The third-order valence-corrected chi connectivity index (χ3v) is 3.24. The van der Waals surface area contributed by atoms with E-state index < -0.39 is 0 Å². The summed E-state index contributed by atoms with van der Waals surface area (Å²) in [5, 5.41) is 0. The van der Waals surface area contributed by atoms with Gasteiger partial charge in [-0.2, -0.15) is 0 Å². The predicted octanol–water partition coefficient (Wildman–Crippen LogP) is 3.44. The van der Waals surface area contributed by atoms with Gasteiger partial charge in [-0.05, 0) is 0 Å². The Labute approximate surface area is 31.4 Å². The molecule has 0 aliphatic heterocycles. The molecule has 0 bridgehead atoms. The molecule has 0 saturated carbocycles. The molecule has 0 aromatic carbocycles. The molecule has 0 aliphatic carbocycles. The van der Waals surface area contributed by atoms with Crippen LogP contribution in [0.1, 0.15) is 0 Å². The van der Waals surface area contributed by atoms with Gasteiger partial charge in [0, 0.05) is 0 Å². The first-order valence-corrected chi connectivity index (χ1v) is 5.40. The summed E-state index contributed by atoms with van der Waals surface area (Å²) in [5.41, 5.74) is 0. The van der Waals surface area contributed by atoms with E-state index in [4.69, 9.17) is 0 Å². The van der Waals surface area contributed by atoms with Crippen LogP contribution >= 0.6 is 30.6 Å². The maximum absolute atomic E-state index is 3.80. The third-order valence-electron chi connectivity index (χ3n) is 0.0400. The van der Waals surface area contributed by atoms with Crippen molar-refractivity contribution >= 4 is 30.6 Å². The van der Waals surface area contributed by atoms with Gasteiger partial charge in [-0.25, -0.2) is 0 Å². The van der Waals surface area contributed by atoms with Gasteiger partial charge in [0.2, 0.25) is 0 Å². The molecule has 0 unspecified atom stereocenters. The maximum atomic E-state index is 3.80. The van der Waals surface area contributed by atoms with Crippen LogP contribution in [0.5, 0.6) is 0 Å². The topological polar surface area (TPSA) is 0 Å². The van der Waals surface area contributed by atoms with E-state index in [0.29, 0.717) is 0 Å². The Morgan fingerprint density at radius 2 is 1.25 bits per heavy atom. The van der Waals surface area contributed by atoms with Gasteiger partial charge in [0.05, 0.1) is 0 Å². The monoisotopic (exact) mass is 124 g/mol. The van der Waals surface area contributed by atoms with E-state index in [2.05, 4.69) is 16.7 Å². The van der Waals surface area contributed by atoms with Crippen LogP contribution < -0.4 is 0 Å². The predicted molar refractivity (Wildman–Crippen MR) is 27.7 cm³/mol. The van der Waals surface area contributed by atoms with Crippen molar-refractivity contribution in [2.75, 3.05) is 0 Å². The first kappa shape index (κ1) is 5.72. The summed E-state index contributed by atoms with van der Waals surface area (Å²) in [5.74, 6) is 0. The van der Waals surface area contributed by atoms with Crippen molar-refractivity contribution in [3.05, 3.63) is 0 Å². The summed E-state index contributed by atoms with van der Waals surface area (Å²) in [4.78, 5) is 0. The average Bonchev–Trinajstić information content (AvgIpc) is 1.37. The fourth-order valence-corrected chi connectivity index (χ4v) is 0. The Morgan fingerprint density at radius 1 is 1.00 bits per heavy atom. The molecule has 4 heavy (non-hydrogen) atoms. The fourth-order valence-electron chi connectivity index (χ4n) is 0. The van der Waals surface area contributed by atoms with Crippen LogP contribution in [0.15, 0.2) is 0 Å². The van der Waals surface area contributed by atoms with Crippen molar-refractivity contribution < 1.29 is 0 Å². The third kappa shape index (κ3) is 3.72. The van der Waals surface area contributed by atoms with Crippen LogP contribution in [0, 0.1) is 0 Å². The second-order valence-corrected chi connectivity index (χ2v) is 4.83. The van der Waals surface area contributed by atoms with E-state index in [9.17, 15) is 0 Å². The summed E-state index contributed by atoms with van der Waals surface area (Å²) in [6, 6.07) is 0. The molecular formula is P4. The molecule has 0 amide bonds. The molecule has 0 spiro atoms. The quantitative estimate of drug-likeness (QED) is 0.433. The van der Waals surface area contributed by atoms with Gasteiger partial charge >= 0.3 is 30.6 Å². The van der Waals surface area contributed by atoms with Crippen LogP contribution in [0.25, 0.3) is 0 Å². The molecule has 0 N–H and O–H groups in total. The molecular weight excluding hydrogens is 124 g/mol. The van der Waals surface area contributed by atoms with E-state index in [1.807, 2.05) is 0 Å². The van der Waals surface area contributed by atoms with Crippen molar-refractivity contribution in [3.63, 3.8) is 0 Å². The summed E-state index contributed by atoms with van der Waals surface area (Å²) >= 11 is 0.